The summed E-state index contributed by atoms with van der Waals surface area (Å²) in [7, 11) is 0. The van der Waals surface area contributed by atoms with E-state index in [0.29, 0.717) is 42.7 Å². The number of hydrogen-bond acceptors (Lipinski definition) is 4. The van der Waals surface area contributed by atoms with Crippen LogP contribution < -0.4 is 16.4 Å². The van der Waals surface area contributed by atoms with Gasteiger partial charge in [0, 0.05) is 24.6 Å². The lowest BCUT2D eigenvalue weighted by Gasteiger charge is -2.26. The van der Waals surface area contributed by atoms with Crippen LogP contribution in [-0.2, 0) is 9.59 Å². The fraction of sp³-hybridized carbons (Fsp3) is 0.387. The third kappa shape index (κ3) is 7.57. The molecule has 0 atom stereocenters. The van der Waals surface area contributed by atoms with Crippen LogP contribution >= 0.6 is 0 Å². The monoisotopic (exact) mass is 514 g/mol. The number of benzene rings is 3. The van der Waals surface area contributed by atoms with Crippen LogP contribution in [0.15, 0.2) is 66.7 Å². The Balaban J connectivity index is 1.35. The Hall–Kier alpha value is -3.87. The molecule has 200 valence electrons. The summed E-state index contributed by atoms with van der Waals surface area (Å²) in [5.41, 5.74) is 7.66. The highest BCUT2D eigenvalue weighted by Gasteiger charge is 2.22. The fourth-order valence-corrected chi connectivity index (χ4v) is 5.12. The highest BCUT2D eigenvalue weighted by atomic mass is 16.2. The topological polar surface area (TPSA) is 105 Å². The first-order valence-electron chi connectivity index (χ1n) is 13.7. The van der Waals surface area contributed by atoms with Gasteiger partial charge in [-0.05, 0) is 54.7 Å². The zero-order valence-electron chi connectivity index (χ0n) is 22.0. The van der Waals surface area contributed by atoms with Gasteiger partial charge in [-0.25, -0.2) is 0 Å². The minimum absolute atomic E-state index is 0.0341. The normalized spacial score (nSPS) is 13.7. The van der Waals surface area contributed by atoms with Crippen LogP contribution in [-0.4, -0.2) is 41.8 Å². The number of anilines is 2. The number of carbonyl (C=O) groups excluding carboxylic acids is 3. The number of carbonyl (C=O) groups is 3. The minimum Gasteiger partial charge on any atom is -0.397 e. The van der Waals surface area contributed by atoms with Crippen LogP contribution in [0, 0.1) is 0 Å². The van der Waals surface area contributed by atoms with Crippen molar-refractivity contribution in [1.29, 1.82) is 0 Å². The summed E-state index contributed by atoms with van der Waals surface area (Å²) in [6.07, 6.45) is 8.00. The fourth-order valence-electron chi connectivity index (χ4n) is 5.12. The Morgan fingerprint density at radius 3 is 2.37 bits per heavy atom. The first-order valence-corrected chi connectivity index (χ1v) is 13.7. The lowest BCUT2D eigenvalue weighted by atomic mass is 9.95. The molecule has 0 aromatic heterocycles. The number of nitrogens with two attached hydrogens (primary N) is 1. The summed E-state index contributed by atoms with van der Waals surface area (Å²) in [5, 5.41) is 7.87. The molecule has 1 aliphatic rings. The van der Waals surface area contributed by atoms with Crippen molar-refractivity contribution >= 4 is 39.9 Å². The smallest absolute Gasteiger partial charge is 0.254 e. The van der Waals surface area contributed by atoms with E-state index in [1.807, 2.05) is 54.6 Å². The third-order valence-electron chi connectivity index (χ3n) is 7.18. The van der Waals surface area contributed by atoms with Crippen molar-refractivity contribution in [2.24, 2.45) is 0 Å². The van der Waals surface area contributed by atoms with Crippen LogP contribution in [0.25, 0.3) is 10.8 Å². The maximum absolute atomic E-state index is 13.7. The summed E-state index contributed by atoms with van der Waals surface area (Å²) in [5.74, 6) is -0.332. The first kappa shape index (κ1) is 27.2. The van der Waals surface area contributed by atoms with Crippen molar-refractivity contribution in [1.82, 2.24) is 10.2 Å². The maximum atomic E-state index is 13.7. The quantitative estimate of drug-likeness (QED) is 0.232. The Bertz CT molecular complexity index is 1250. The highest BCUT2D eigenvalue weighted by Crippen LogP contribution is 2.21. The third-order valence-corrected chi connectivity index (χ3v) is 7.18. The number of fused-ring (bicyclic) bond motifs is 1. The van der Waals surface area contributed by atoms with Crippen LogP contribution in [0.1, 0.15) is 68.1 Å². The van der Waals surface area contributed by atoms with Gasteiger partial charge >= 0.3 is 0 Å². The lowest BCUT2D eigenvalue weighted by molar-refractivity contribution is -0.122. The summed E-state index contributed by atoms with van der Waals surface area (Å²) < 4.78 is 0. The summed E-state index contributed by atoms with van der Waals surface area (Å²) in [6.45, 7) is 0.486. The Labute approximate surface area is 224 Å². The molecule has 38 heavy (non-hydrogen) atoms. The predicted molar refractivity (Wildman–Crippen MR) is 153 cm³/mol. The molecule has 0 unspecified atom stereocenters. The molecule has 4 N–H and O–H groups in total. The van der Waals surface area contributed by atoms with Gasteiger partial charge in [0.1, 0.15) is 0 Å². The molecule has 1 fully saturated rings. The molecule has 3 aromatic rings. The molecule has 3 aromatic carbocycles. The van der Waals surface area contributed by atoms with E-state index in [4.69, 9.17) is 5.73 Å². The largest absolute Gasteiger partial charge is 0.397 e. The molecule has 0 saturated heterocycles. The molecule has 0 aliphatic heterocycles. The Morgan fingerprint density at radius 1 is 0.816 bits per heavy atom. The zero-order chi connectivity index (χ0) is 26.7. The highest BCUT2D eigenvalue weighted by molar-refractivity contribution is 6.07. The number of para-hydroxylation sites is 2. The van der Waals surface area contributed by atoms with Gasteiger partial charge in [-0.3, -0.25) is 14.4 Å². The van der Waals surface area contributed by atoms with Crippen molar-refractivity contribution < 1.29 is 14.4 Å². The standard InChI is InChI=1S/C31H38N4O3/c32-27-18-8-9-19-28(27)34-29(36)20-5-2-10-21-35(22-30(37)33-24-14-3-1-4-15-24)31(38)26-17-11-13-23-12-6-7-16-25(23)26/h6-9,11-13,16-19,24H,1-5,10,14-15,20-22,32H2,(H,33,37)(H,34,36). The summed E-state index contributed by atoms with van der Waals surface area (Å²) >= 11 is 0. The molecular formula is C31H38N4O3. The SMILES string of the molecule is Nc1ccccc1NC(=O)CCCCCN(CC(=O)NC1CCCCC1)C(=O)c1cccc2ccccc12. The Morgan fingerprint density at radius 2 is 1.55 bits per heavy atom. The molecule has 3 amide bonds. The Kier molecular flexibility index (Phi) is 9.73. The molecule has 7 heteroatoms. The van der Waals surface area contributed by atoms with Gasteiger partial charge < -0.3 is 21.3 Å². The average molecular weight is 515 g/mol. The number of unbranched alkanes of at least 4 members (excludes halogenated alkanes) is 2. The van der Waals surface area contributed by atoms with E-state index in [0.717, 1.165) is 42.9 Å². The second kappa shape index (κ2) is 13.6. The number of nitrogens with zero attached hydrogens (tertiary/aromatic N) is 1. The van der Waals surface area contributed by atoms with Crippen LogP contribution in [0.5, 0.6) is 0 Å². The zero-order valence-corrected chi connectivity index (χ0v) is 22.0. The van der Waals surface area contributed by atoms with E-state index in [9.17, 15) is 14.4 Å². The average Bonchev–Trinajstić information content (AvgIpc) is 2.93. The van der Waals surface area contributed by atoms with E-state index >= 15 is 0 Å². The minimum atomic E-state index is -0.141. The van der Waals surface area contributed by atoms with Gasteiger partial charge in [0.2, 0.25) is 11.8 Å². The van der Waals surface area contributed by atoms with Crippen molar-refractivity contribution in [2.45, 2.75) is 63.8 Å². The summed E-state index contributed by atoms with van der Waals surface area (Å²) in [4.78, 5) is 40.6. The second-order valence-electron chi connectivity index (χ2n) is 10.1. The molecule has 0 spiro atoms. The van der Waals surface area contributed by atoms with E-state index < -0.39 is 0 Å². The van der Waals surface area contributed by atoms with Gasteiger partial charge in [0.15, 0.2) is 0 Å². The van der Waals surface area contributed by atoms with Crippen LogP contribution in [0.3, 0.4) is 0 Å². The number of rotatable bonds is 11. The van der Waals surface area contributed by atoms with Gasteiger partial charge in [-0.15, -0.1) is 0 Å². The van der Waals surface area contributed by atoms with E-state index in [1.165, 1.54) is 6.42 Å². The van der Waals surface area contributed by atoms with Crippen molar-refractivity contribution in [3.05, 3.63) is 72.3 Å². The first-order chi connectivity index (χ1) is 18.5. The molecule has 1 aliphatic carbocycles. The molecule has 0 heterocycles. The van der Waals surface area contributed by atoms with E-state index in [-0.39, 0.29) is 30.3 Å². The molecule has 1 saturated carbocycles. The van der Waals surface area contributed by atoms with Gasteiger partial charge in [-0.2, -0.15) is 0 Å². The number of hydrogen-bond donors (Lipinski definition) is 3. The lowest BCUT2D eigenvalue weighted by Crippen LogP contribution is -2.45. The molecule has 4 rings (SSSR count). The summed E-state index contributed by atoms with van der Waals surface area (Å²) in [6, 6.07) is 20.9. The molecule has 7 nitrogen and oxygen atoms in total. The molecular weight excluding hydrogens is 476 g/mol. The number of nitrogens with one attached hydrogen (secondary N) is 2. The second-order valence-corrected chi connectivity index (χ2v) is 10.1. The van der Waals surface area contributed by atoms with Gasteiger partial charge in [-0.1, -0.05) is 74.2 Å². The number of amides is 3. The van der Waals surface area contributed by atoms with Gasteiger partial charge in [0.25, 0.3) is 5.91 Å². The predicted octanol–water partition coefficient (Wildman–Crippen LogP) is 5.51. The number of nitrogen functional groups attached to an aromatic ring is 1. The van der Waals surface area contributed by atoms with Crippen molar-refractivity contribution in [3.63, 3.8) is 0 Å². The molecule has 0 bridgehead atoms. The van der Waals surface area contributed by atoms with Crippen LogP contribution in [0.4, 0.5) is 11.4 Å². The van der Waals surface area contributed by atoms with E-state index in [2.05, 4.69) is 10.6 Å². The van der Waals surface area contributed by atoms with E-state index in [1.54, 1.807) is 17.0 Å². The maximum Gasteiger partial charge on any atom is 0.254 e. The van der Waals surface area contributed by atoms with Gasteiger partial charge in [0.05, 0.1) is 17.9 Å². The van der Waals surface area contributed by atoms with Crippen molar-refractivity contribution in [2.75, 3.05) is 24.1 Å². The van der Waals surface area contributed by atoms with Crippen LogP contribution in [0.2, 0.25) is 0 Å². The van der Waals surface area contributed by atoms with Crippen molar-refractivity contribution in [3.8, 4) is 0 Å². The molecule has 0 radical (unpaired) electrons.